The summed E-state index contributed by atoms with van der Waals surface area (Å²) in [5.41, 5.74) is 0.469. The Kier molecular flexibility index (Phi) is 4.84. The first kappa shape index (κ1) is 14.7. The second kappa shape index (κ2) is 6.61. The van der Waals surface area contributed by atoms with Gasteiger partial charge in [-0.25, -0.2) is 0 Å². The highest BCUT2D eigenvalue weighted by Crippen LogP contribution is 2.30. The molecule has 1 amide bonds. The molecular formula is C15H21NO4. The van der Waals surface area contributed by atoms with Gasteiger partial charge in [-0.3, -0.25) is 4.79 Å². The van der Waals surface area contributed by atoms with Crippen LogP contribution in [0.15, 0.2) is 18.2 Å². The summed E-state index contributed by atoms with van der Waals surface area (Å²) in [7, 11) is 3.08. The molecule has 1 aromatic rings. The van der Waals surface area contributed by atoms with E-state index in [1.807, 2.05) is 6.92 Å². The third-order valence-corrected chi connectivity index (χ3v) is 3.53. The number of benzene rings is 1. The van der Waals surface area contributed by atoms with Crippen LogP contribution < -0.4 is 14.8 Å². The lowest BCUT2D eigenvalue weighted by Crippen LogP contribution is -2.40. The van der Waals surface area contributed by atoms with Crippen molar-refractivity contribution in [2.45, 2.75) is 31.9 Å². The van der Waals surface area contributed by atoms with Gasteiger partial charge in [0.1, 0.15) is 0 Å². The molecule has 0 saturated carbocycles. The van der Waals surface area contributed by atoms with Crippen LogP contribution in [0.25, 0.3) is 0 Å². The maximum absolute atomic E-state index is 12.4. The molecule has 0 aliphatic carbocycles. The molecule has 1 saturated heterocycles. The lowest BCUT2D eigenvalue weighted by Gasteiger charge is -2.21. The minimum absolute atomic E-state index is 0.0269. The predicted molar refractivity (Wildman–Crippen MR) is 75.4 cm³/mol. The molecule has 20 heavy (non-hydrogen) atoms. The molecule has 0 aromatic heterocycles. The Morgan fingerprint density at radius 3 is 2.80 bits per heavy atom. The van der Waals surface area contributed by atoms with Crippen molar-refractivity contribution in [1.29, 1.82) is 0 Å². The number of para-hydroxylation sites is 1. The molecule has 2 atom stereocenters. The predicted octanol–water partition coefficient (Wildman–Crippen LogP) is 2.00. The number of rotatable bonds is 5. The van der Waals surface area contributed by atoms with Crippen LogP contribution in [0, 0.1) is 0 Å². The minimum Gasteiger partial charge on any atom is -0.493 e. The van der Waals surface area contributed by atoms with E-state index in [0.29, 0.717) is 17.1 Å². The quantitative estimate of drug-likeness (QED) is 0.895. The summed E-state index contributed by atoms with van der Waals surface area (Å²) in [5, 5.41) is 2.96. The molecule has 1 aliphatic heterocycles. The van der Waals surface area contributed by atoms with E-state index in [9.17, 15) is 4.79 Å². The summed E-state index contributed by atoms with van der Waals surface area (Å²) in [6.07, 6.45) is 2.12. The normalized spacial score (nSPS) is 19.4. The molecule has 2 rings (SSSR count). The molecule has 0 radical (unpaired) electrons. The number of carbonyl (C=O) groups is 1. The fourth-order valence-corrected chi connectivity index (χ4v) is 2.44. The van der Waals surface area contributed by atoms with Gasteiger partial charge in [-0.15, -0.1) is 0 Å². The van der Waals surface area contributed by atoms with Crippen molar-refractivity contribution in [1.82, 2.24) is 5.32 Å². The number of amides is 1. The second-order valence-electron chi connectivity index (χ2n) is 4.85. The van der Waals surface area contributed by atoms with Crippen LogP contribution in [0.5, 0.6) is 11.5 Å². The van der Waals surface area contributed by atoms with Gasteiger partial charge in [0.2, 0.25) is 0 Å². The molecule has 0 unspecified atom stereocenters. The average Bonchev–Trinajstić information content (AvgIpc) is 3.00. The molecule has 110 valence electrons. The molecule has 0 spiro atoms. The molecule has 0 bridgehead atoms. The zero-order valence-electron chi connectivity index (χ0n) is 12.1. The summed E-state index contributed by atoms with van der Waals surface area (Å²) >= 11 is 0. The summed E-state index contributed by atoms with van der Waals surface area (Å²) in [6, 6.07) is 5.23. The molecule has 1 aliphatic rings. The molecular weight excluding hydrogens is 258 g/mol. The molecule has 5 heteroatoms. The Labute approximate surface area is 119 Å². The first-order chi connectivity index (χ1) is 9.67. The van der Waals surface area contributed by atoms with E-state index in [-0.39, 0.29) is 18.1 Å². The zero-order valence-corrected chi connectivity index (χ0v) is 12.1. The third kappa shape index (κ3) is 3.04. The number of hydrogen-bond donors (Lipinski definition) is 1. The Bertz CT molecular complexity index is 469. The lowest BCUT2D eigenvalue weighted by molar-refractivity contribution is 0.0710. The molecule has 5 nitrogen and oxygen atoms in total. The average molecular weight is 279 g/mol. The number of nitrogens with one attached hydrogen (secondary N) is 1. The van der Waals surface area contributed by atoms with Gasteiger partial charge in [0.05, 0.1) is 31.9 Å². The first-order valence-electron chi connectivity index (χ1n) is 6.80. The second-order valence-corrected chi connectivity index (χ2v) is 4.85. The van der Waals surface area contributed by atoms with Gasteiger partial charge in [0.25, 0.3) is 5.91 Å². The SMILES string of the molecule is COc1cccc(C(=O)N[C@H](C)[C@H]2CCCO2)c1OC. The number of carbonyl (C=O) groups excluding carboxylic acids is 1. The standard InChI is InChI=1S/C15H21NO4/c1-10(12-8-5-9-20-12)16-15(17)11-6-4-7-13(18-2)14(11)19-3/h4,6-7,10,12H,5,8-9H2,1-3H3,(H,16,17)/t10-,12-/m1/s1. The number of ether oxygens (including phenoxy) is 3. The Hall–Kier alpha value is -1.75. The van der Waals surface area contributed by atoms with Crippen LogP contribution in [0.1, 0.15) is 30.1 Å². The Morgan fingerprint density at radius 1 is 1.40 bits per heavy atom. The van der Waals surface area contributed by atoms with Crippen LogP contribution in [0.4, 0.5) is 0 Å². The molecule has 1 N–H and O–H groups in total. The largest absolute Gasteiger partial charge is 0.493 e. The van der Waals surface area contributed by atoms with Crippen molar-refractivity contribution in [3.63, 3.8) is 0 Å². The van der Waals surface area contributed by atoms with Gasteiger partial charge in [-0.1, -0.05) is 6.07 Å². The van der Waals surface area contributed by atoms with Crippen LogP contribution in [-0.2, 0) is 4.74 Å². The van der Waals surface area contributed by atoms with Crippen LogP contribution in [-0.4, -0.2) is 38.9 Å². The number of methoxy groups -OCH3 is 2. The van der Waals surface area contributed by atoms with E-state index in [2.05, 4.69) is 5.32 Å². The summed E-state index contributed by atoms with van der Waals surface area (Å²) < 4.78 is 16.1. The van der Waals surface area contributed by atoms with Crippen molar-refractivity contribution in [3.05, 3.63) is 23.8 Å². The topological polar surface area (TPSA) is 56.8 Å². The fraction of sp³-hybridized carbons (Fsp3) is 0.533. The van der Waals surface area contributed by atoms with Gasteiger partial charge < -0.3 is 19.5 Å². The highest BCUT2D eigenvalue weighted by atomic mass is 16.5. The fourth-order valence-electron chi connectivity index (χ4n) is 2.44. The first-order valence-corrected chi connectivity index (χ1v) is 6.80. The van der Waals surface area contributed by atoms with E-state index in [0.717, 1.165) is 19.4 Å². The molecule has 1 fully saturated rings. The highest BCUT2D eigenvalue weighted by molar-refractivity contribution is 5.98. The van der Waals surface area contributed by atoms with Gasteiger partial charge in [0, 0.05) is 6.61 Å². The van der Waals surface area contributed by atoms with Crippen LogP contribution in [0.3, 0.4) is 0 Å². The van der Waals surface area contributed by atoms with Crippen molar-refractivity contribution in [3.8, 4) is 11.5 Å². The maximum Gasteiger partial charge on any atom is 0.255 e. The lowest BCUT2D eigenvalue weighted by atomic mass is 10.1. The number of hydrogen-bond acceptors (Lipinski definition) is 4. The van der Waals surface area contributed by atoms with E-state index in [4.69, 9.17) is 14.2 Å². The van der Waals surface area contributed by atoms with E-state index in [1.165, 1.54) is 7.11 Å². The Morgan fingerprint density at radius 2 is 2.20 bits per heavy atom. The summed E-state index contributed by atoms with van der Waals surface area (Å²) in [5.74, 6) is 0.820. The molecule has 1 aromatic carbocycles. The third-order valence-electron chi connectivity index (χ3n) is 3.53. The van der Waals surface area contributed by atoms with Gasteiger partial charge in [-0.2, -0.15) is 0 Å². The van der Waals surface area contributed by atoms with E-state index in [1.54, 1.807) is 25.3 Å². The highest BCUT2D eigenvalue weighted by Gasteiger charge is 2.25. The summed E-state index contributed by atoms with van der Waals surface area (Å²) in [4.78, 5) is 12.4. The van der Waals surface area contributed by atoms with Gasteiger partial charge in [-0.05, 0) is 31.9 Å². The van der Waals surface area contributed by atoms with Gasteiger partial charge in [0.15, 0.2) is 11.5 Å². The Balaban J connectivity index is 2.12. The summed E-state index contributed by atoms with van der Waals surface area (Å²) in [6.45, 7) is 2.73. The zero-order chi connectivity index (χ0) is 14.5. The van der Waals surface area contributed by atoms with Crippen molar-refractivity contribution in [2.24, 2.45) is 0 Å². The monoisotopic (exact) mass is 279 g/mol. The van der Waals surface area contributed by atoms with Crippen molar-refractivity contribution in [2.75, 3.05) is 20.8 Å². The van der Waals surface area contributed by atoms with Gasteiger partial charge >= 0.3 is 0 Å². The van der Waals surface area contributed by atoms with Crippen LogP contribution in [0.2, 0.25) is 0 Å². The smallest absolute Gasteiger partial charge is 0.255 e. The van der Waals surface area contributed by atoms with E-state index >= 15 is 0 Å². The van der Waals surface area contributed by atoms with Crippen molar-refractivity contribution >= 4 is 5.91 Å². The minimum atomic E-state index is -0.177. The van der Waals surface area contributed by atoms with Crippen molar-refractivity contribution < 1.29 is 19.0 Å². The molecule has 1 heterocycles. The maximum atomic E-state index is 12.4. The van der Waals surface area contributed by atoms with Crippen LogP contribution >= 0.6 is 0 Å². The van der Waals surface area contributed by atoms with E-state index < -0.39 is 0 Å².